The Labute approximate surface area is 136 Å². The van der Waals surface area contributed by atoms with Crippen LogP contribution in [0.15, 0.2) is 10.5 Å². The minimum absolute atomic E-state index is 0.140. The van der Waals surface area contributed by atoms with Gasteiger partial charge in [0.25, 0.3) is 0 Å². The molecule has 0 bridgehead atoms. The fourth-order valence-corrected chi connectivity index (χ4v) is 4.19. The second-order valence-electron chi connectivity index (χ2n) is 4.99. The van der Waals surface area contributed by atoms with E-state index in [-0.39, 0.29) is 6.54 Å². The number of carboxylic acids is 1. The van der Waals surface area contributed by atoms with Crippen molar-refractivity contribution < 1.29 is 9.90 Å². The lowest BCUT2D eigenvalue weighted by atomic mass is 9.85. The molecule has 0 unspecified atom stereocenters. The molecule has 2 N–H and O–H groups in total. The fraction of sp³-hybridized carbons (Fsp3) is 0.615. The summed E-state index contributed by atoms with van der Waals surface area (Å²) in [5.74, 6) is -0.749. The van der Waals surface area contributed by atoms with E-state index in [1.54, 1.807) is 11.3 Å². The molecule has 1 aromatic rings. The van der Waals surface area contributed by atoms with Crippen molar-refractivity contribution >= 4 is 44.8 Å². The Balaban J connectivity index is 1.72. The number of nitrogens with zero attached hydrogens (tertiary/aromatic N) is 1. The highest BCUT2D eigenvalue weighted by Gasteiger charge is 2.33. The van der Waals surface area contributed by atoms with Crippen LogP contribution in [0.2, 0.25) is 4.34 Å². The van der Waals surface area contributed by atoms with Crippen LogP contribution in [0.4, 0.5) is 0 Å². The van der Waals surface area contributed by atoms with E-state index < -0.39 is 5.97 Å². The number of nitrogens with one attached hydrogen (secondary N) is 1. The van der Waals surface area contributed by atoms with E-state index in [0.29, 0.717) is 12.1 Å². The second kappa shape index (κ2) is 7.22. The van der Waals surface area contributed by atoms with E-state index >= 15 is 0 Å². The summed E-state index contributed by atoms with van der Waals surface area (Å²) in [6.07, 6.45) is 2.03. The highest BCUT2D eigenvalue weighted by Crippen LogP contribution is 2.32. The molecule has 0 saturated heterocycles. The van der Waals surface area contributed by atoms with Crippen molar-refractivity contribution in [1.82, 2.24) is 10.2 Å². The third kappa shape index (κ3) is 4.18. The highest BCUT2D eigenvalue weighted by molar-refractivity contribution is 9.10. The molecule has 0 atom stereocenters. The van der Waals surface area contributed by atoms with Crippen LogP contribution in [0, 0.1) is 0 Å². The van der Waals surface area contributed by atoms with Gasteiger partial charge in [-0.2, -0.15) is 0 Å². The zero-order chi connectivity index (χ0) is 14.7. The van der Waals surface area contributed by atoms with E-state index in [1.807, 2.05) is 17.9 Å². The Bertz CT molecular complexity index is 457. The third-order valence-electron chi connectivity index (χ3n) is 3.64. The number of carbonyl (C=O) groups is 1. The average molecular weight is 382 g/mol. The molecule has 4 nitrogen and oxygen atoms in total. The quantitative estimate of drug-likeness (QED) is 0.761. The van der Waals surface area contributed by atoms with E-state index in [2.05, 4.69) is 21.2 Å². The van der Waals surface area contributed by atoms with Gasteiger partial charge in [-0.05, 0) is 41.4 Å². The molecule has 1 fully saturated rings. The summed E-state index contributed by atoms with van der Waals surface area (Å²) in [7, 11) is 0. The van der Waals surface area contributed by atoms with E-state index in [4.69, 9.17) is 16.7 Å². The molecule has 0 aromatic carbocycles. The molecule has 1 aromatic heterocycles. The van der Waals surface area contributed by atoms with E-state index in [0.717, 1.165) is 34.7 Å². The van der Waals surface area contributed by atoms with Crippen LogP contribution in [0.3, 0.4) is 0 Å². The van der Waals surface area contributed by atoms with Crippen molar-refractivity contribution in [2.45, 2.75) is 38.4 Å². The molecule has 1 aliphatic rings. The standard InChI is InChI=1S/C13H18BrClN2O2S/c1-2-17(7-12(18)19)9-3-8(4-9)16-6-10-5-11(14)13(15)20-10/h5,8-9,16H,2-4,6-7H2,1H3,(H,18,19). The van der Waals surface area contributed by atoms with Gasteiger partial charge < -0.3 is 10.4 Å². The first kappa shape index (κ1) is 16.2. The summed E-state index contributed by atoms with van der Waals surface area (Å²) >= 11 is 11.0. The first-order chi connectivity index (χ1) is 9.49. The summed E-state index contributed by atoms with van der Waals surface area (Å²) in [5.41, 5.74) is 0. The molecular weight excluding hydrogens is 364 g/mol. The van der Waals surface area contributed by atoms with Crippen molar-refractivity contribution in [3.05, 3.63) is 19.8 Å². The molecule has 1 saturated carbocycles. The van der Waals surface area contributed by atoms with E-state index in [1.165, 1.54) is 4.88 Å². The van der Waals surface area contributed by atoms with Gasteiger partial charge in [0.1, 0.15) is 4.34 Å². The van der Waals surface area contributed by atoms with Gasteiger partial charge in [0.15, 0.2) is 0 Å². The Morgan fingerprint density at radius 3 is 2.85 bits per heavy atom. The molecule has 0 radical (unpaired) electrons. The van der Waals surface area contributed by atoms with Gasteiger partial charge in [0.2, 0.25) is 0 Å². The first-order valence-electron chi connectivity index (χ1n) is 6.62. The lowest BCUT2D eigenvalue weighted by molar-refractivity contribution is -0.139. The summed E-state index contributed by atoms with van der Waals surface area (Å²) in [4.78, 5) is 14.0. The van der Waals surface area contributed by atoms with Crippen LogP contribution in [-0.4, -0.2) is 41.1 Å². The maximum atomic E-state index is 10.8. The zero-order valence-electron chi connectivity index (χ0n) is 11.2. The van der Waals surface area contributed by atoms with Crippen molar-refractivity contribution in [1.29, 1.82) is 0 Å². The van der Waals surface area contributed by atoms with Crippen LogP contribution in [0.25, 0.3) is 0 Å². The van der Waals surface area contributed by atoms with Crippen LogP contribution < -0.4 is 5.32 Å². The monoisotopic (exact) mass is 380 g/mol. The predicted octanol–water partition coefficient (Wildman–Crippen LogP) is 3.19. The van der Waals surface area contributed by atoms with Crippen LogP contribution in [0.5, 0.6) is 0 Å². The fourth-order valence-electron chi connectivity index (χ4n) is 2.45. The van der Waals surface area contributed by atoms with Gasteiger partial charge in [-0.1, -0.05) is 18.5 Å². The molecule has 0 amide bonds. The van der Waals surface area contributed by atoms with Crippen molar-refractivity contribution in [2.75, 3.05) is 13.1 Å². The molecule has 1 aliphatic carbocycles. The van der Waals surface area contributed by atoms with Crippen molar-refractivity contribution in [3.8, 4) is 0 Å². The summed E-state index contributed by atoms with van der Waals surface area (Å²) in [6, 6.07) is 2.91. The Morgan fingerprint density at radius 1 is 1.65 bits per heavy atom. The SMILES string of the molecule is CCN(CC(=O)O)C1CC(NCc2cc(Br)c(Cl)s2)C1. The van der Waals surface area contributed by atoms with Crippen LogP contribution >= 0.6 is 38.9 Å². The van der Waals surface area contributed by atoms with Gasteiger partial charge >= 0.3 is 5.97 Å². The number of likely N-dealkylation sites (N-methyl/N-ethyl adjacent to an activating group) is 1. The molecule has 7 heteroatoms. The molecule has 0 aliphatic heterocycles. The van der Waals surface area contributed by atoms with Gasteiger partial charge in [-0.3, -0.25) is 9.69 Å². The molecule has 20 heavy (non-hydrogen) atoms. The van der Waals surface area contributed by atoms with Crippen molar-refractivity contribution in [3.63, 3.8) is 0 Å². The second-order valence-corrected chi connectivity index (χ2v) is 7.59. The van der Waals surface area contributed by atoms with Gasteiger partial charge in [-0.15, -0.1) is 11.3 Å². The number of hydrogen-bond donors (Lipinski definition) is 2. The number of thiophene rings is 1. The minimum Gasteiger partial charge on any atom is -0.480 e. The average Bonchev–Trinajstić information content (AvgIpc) is 2.64. The van der Waals surface area contributed by atoms with Crippen molar-refractivity contribution in [2.24, 2.45) is 0 Å². The number of hydrogen-bond acceptors (Lipinski definition) is 4. The summed E-state index contributed by atoms with van der Waals surface area (Å²) in [6.45, 7) is 3.76. The molecular formula is C13H18BrClN2O2S. The summed E-state index contributed by atoms with van der Waals surface area (Å²) in [5, 5.41) is 12.4. The number of carboxylic acid groups (broad SMARTS) is 1. The lowest BCUT2D eigenvalue weighted by Crippen LogP contribution is -2.53. The minimum atomic E-state index is -0.749. The van der Waals surface area contributed by atoms with Gasteiger partial charge in [0, 0.05) is 28.0 Å². The Morgan fingerprint density at radius 2 is 2.35 bits per heavy atom. The number of rotatable bonds is 7. The first-order valence-corrected chi connectivity index (χ1v) is 8.61. The lowest BCUT2D eigenvalue weighted by Gasteiger charge is -2.42. The van der Waals surface area contributed by atoms with Crippen LogP contribution in [0.1, 0.15) is 24.6 Å². The van der Waals surface area contributed by atoms with Gasteiger partial charge in [0.05, 0.1) is 6.54 Å². The van der Waals surface area contributed by atoms with Crippen LogP contribution in [-0.2, 0) is 11.3 Å². The normalized spacial score (nSPS) is 22.0. The van der Waals surface area contributed by atoms with Gasteiger partial charge in [-0.25, -0.2) is 0 Å². The maximum Gasteiger partial charge on any atom is 0.317 e. The Hall–Kier alpha value is -0.140. The zero-order valence-corrected chi connectivity index (χ0v) is 14.4. The van der Waals surface area contributed by atoms with E-state index in [9.17, 15) is 4.79 Å². The smallest absolute Gasteiger partial charge is 0.317 e. The maximum absolute atomic E-state index is 10.8. The highest BCUT2D eigenvalue weighted by atomic mass is 79.9. The molecule has 0 spiro atoms. The largest absolute Gasteiger partial charge is 0.480 e. The Kier molecular flexibility index (Phi) is 5.86. The third-order valence-corrected chi connectivity index (χ3v) is 6.11. The molecule has 2 rings (SSSR count). The number of halogens is 2. The summed E-state index contributed by atoms with van der Waals surface area (Å²) < 4.78 is 1.73. The number of aliphatic carboxylic acids is 1. The topological polar surface area (TPSA) is 52.6 Å². The molecule has 1 heterocycles. The molecule has 112 valence electrons. The predicted molar refractivity (Wildman–Crippen MR) is 85.6 cm³/mol.